The summed E-state index contributed by atoms with van der Waals surface area (Å²) in [7, 11) is -3.28. The van der Waals surface area contributed by atoms with Crippen molar-refractivity contribution in [2.24, 2.45) is 0 Å². The minimum atomic E-state index is -3.28. The zero-order valence-electron chi connectivity index (χ0n) is 13.6. The lowest BCUT2D eigenvalue weighted by atomic mass is 10.2. The van der Waals surface area contributed by atoms with Crippen LogP contribution in [0.1, 0.15) is 12.0 Å². The van der Waals surface area contributed by atoms with Crippen LogP contribution in [0, 0.1) is 12.7 Å². The zero-order valence-corrected chi connectivity index (χ0v) is 14.4. The van der Waals surface area contributed by atoms with Crippen LogP contribution >= 0.6 is 0 Å². The molecule has 8 heteroatoms. The monoisotopic (exact) mass is 363 g/mol. The van der Waals surface area contributed by atoms with E-state index in [2.05, 4.69) is 10.6 Å². The van der Waals surface area contributed by atoms with Gasteiger partial charge in [-0.2, -0.15) is 0 Å². The second kappa shape index (κ2) is 6.72. The van der Waals surface area contributed by atoms with Gasteiger partial charge in [0.2, 0.25) is 10.0 Å². The van der Waals surface area contributed by atoms with Crippen molar-refractivity contribution < 1.29 is 17.6 Å². The van der Waals surface area contributed by atoms with E-state index in [1.807, 2.05) is 6.92 Å². The molecule has 0 spiro atoms. The number of nitrogens with one attached hydrogen (secondary N) is 2. The molecule has 0 aliphatic carbocycles. The molecule has 0 aromatic heterocycles. The van der Waals surface area contributed by atoms with E-state index in [-0.39, 0.29) is 11.6 Å². The average molecular weight is 363 g/mol. The molecule has 1 aliphatic heterocycles. The van der Waals surface area contributed by atoms with Gasteiger partial charge in [0.05, 0.1) is 11.4 Å². The van der Waals surface area contributed by atoms with Gasteiger partial charge in [0.15, 0.2) is 0 Å². The standard InChI is InChI=1S/C17H18FN3O3S/c1-12-3-8-15(21-9-2-10-25(21,23)24)11-16(12)20-17(22)19-14-6-4-13(18)5-7-14/h3-8,11H,2,9-10H2,1H3,(H2,19,20,22). The minimum absolute atomic E-state index is 0.134. The molecule has 0 saturated carbocycles. The molecule has 0 bridgehead atoms. The van der Waals surface area contributed by atoms with E-state index in [0.29, 0.717) is 30.0 Å². The summed E-state index contributed by atoms with van der Waals surface area (Å²) in [6.45, 7) is 2.25. The van der Waals surface area contributed by atoms with Crippen molar-refractivity contribution in [1.29, 1.82) is 0 Å². The average Bonchev–Trinajstić information content (AvgIpc) is 2.91. The summed E-state index contributed by atoms with van der Waals surface area (Å²) in [5, 5.41) is 5.30. The third kappa shape index (κ3) is 3.90. The number of anilines is 3. The van der Waals surface area contributed by atoms with Crippen molar-refractivity contribution >= 4 is 33.1 Å². The Labute approximate surface area is 145 Å². The molecule has 0 atom stereocenters. The van der Waals surface area contributed by atoms with Crippen LogP contribution in [0.5, 0.6) is 0 Å². The van der Waals surface area contributed by atoms with E-state index in [0.717, 1.165) is 5.56 Å². The molecule has 25 heavy (non-hydrogen) atoms. The van der Waals surface area contributed by atoms with Gasteiger partial charge in [-0.05, 0) is 55.3 Å². The molecule has 2 N–H and O–H groups in total. The maximum Gasteiger partial charge on any atom is 0.323 e. The lowest BCUT2D eigenvalue weighted by molar-refractivity contribution is 0.262. The fraction of sp³-hybridized carbons (Fsp3) is 0.235. The Morgan fingerprint density at radius 2 is 1.84 bits per heavy atom. The molecule has 6 nitrogen and oxygen atoms in total. The molecule has 3 rings (SSSR count). The van der Waals surface area contributed by atoms with Crippen LogP contribution < -0.4 is 14.9 Å². The van der Waals surface area contributed by atoms with Gasteiger partial charge >= 0.3 is 6.03 Å². The van der Waals surface area contributed by atoms with E-state index in [4.69, 9.17) is 0 Å². The molecule has 2 aromatic rings. The third-order valence-corrected chi connectivity index (χ3v) is 5.83. The van der Waals surface area contributed by atoms with E-state index in [9.17, 15) is 17.6 Å². The summed E-state index contributed by atoms with van der Waals surface area (Å²) in [6.07, 6.45) is 0.587. The first-order valence-electron chi connectivity index (χ1n) is 7.80. The molecule has 0 unspecified atom stereocenters. The van der Waals surface area contributed by atoms with Gasteiger partial charge in [0.1, 0.15) is 5.82 Å². The summed E-state index contributed by atoms with van der Waals surface area (Å²) in [5.74, 6) is -0.254. The second-order valence-corrected chi connectivity index (χ2v) is 7.84. The van der Waals surface area contributed by atoms with Gasteiger partial charge in [-0.25, -0.2) is 17.6 Å². The highest BCUT2D eigenvalue weighted by atomic mass is 32.2. The van der Waals surface area contributed by atoms with Crippen molar-refractivity contribution in [2.45, 2.75) is 13.3 Å². The van der Waals surface area contributed by atoms with E-state index in [1.165, 1.54) is 28.6 Å². The number of amides is 2. The fourth-order valence-corrected chi connectivity index (χ4v) is 4.20. The maximum atomic E-state index is 12.9. The van der Waals surface area contributed by atoms with Crippen molar-refractivity contribution in [3.8, 4) is 0 Å². The first kappa shape index (κ1) is 17.2. The third-order valence-electron chi connectivity index (χ3n) is 3.96. The van der Waals surface area contributed by atoms with Crippen LogP contribution in [0.3, 0.4) is 0 Å². The van der Waals surface area contributed by atoms with Gasteiger partial charge in [-0.1, -0.05) is 6.07 Å². The number of hydrogen-bond donors (Lipinski definition) is 2. The van der Waals surface area contributed by atoms with Crippen molar-refractivity contribution in [3.63, 3.8) is 0 Å². The van der Waals surface area contributed by atoms with Crippen LogP contribution in [-0.4, -0.2) is 26.7 Å². The highest BCUT2D eigenvalue weighted by Gasteiger charge is 2.28. The number of urea groups is 1. The lowest BCUT2D eigenvalue weighted by Gasteiger charge is -2.19. The number of benzene rings is 2. The first-order valence-corrected chi connectivity index (χ1v) is 9.41. The number of carbonyl (C=O) groups excluding carboxylic acids is 1. The smallest absolute Gasteiger partial charge is 0.308 e. The predicted molar refractivity (Wildman–Crippen MR) is 96.0 cm³/mol. The van der Waals surface area contributed by atoms with Crippen LogP contribution in [0.2, 0.25) is 0 Å². The van der Waals surface area contributed by atoms with Gasteiger partial charge in [-0.15, -0.1) is 0 Å². The fourth-order valence-electron chi connectivity index (χ4n) is 2.65. The molecule has 2 aromatic carbocycles. The quantitative estimate of drug-likeness (QED) is 0.878. The van der Waals surface area contributed by atoms with Gasteiger partial charge in [0.25, 0.3) is 0 Å². The minimum Gasteiger partial charge on any atom is -0.308 e. The molecule has 2 amide bonds. The van der Waals surface area contributed by atoms with E-state index < -0.39 is 16.1 Å². The number of carbonyl (C=O) groups is 1. The van der Waals surface area contributed by atoms with E-state index >= 15 is 0 Å². The van der Waals surface area contributed by atoms with Crippen molar-refractivity contribution in [2.75, 3.05) is 27.2 Å². The Bertz CT molecular complexity index is 898. The molecule has 1 aliphatic rings. The summed E-state index contributed by atoms with van der Waals surface area (Å²) >= 11 is 0. The molecular formula is C17H18FN3O3S. The molecule has 1 saturated heterocycles. The lowest BCUT2D eigenvalue weighted by Crippen LogP contribution is -2.25. The SMILES string of the molecule is Cc1ccc(N2CCCS2(=O)=O)cc1NC(=O)Nc1ccc(F)cc1. The Balaban J connectivity index is 1.76. The summed E-state index contributed by atoms with van der Waals surface area (Å²) in [5.41, 5.74) is 2.30. The Morgan fingerprint density at radius 3 is 2.48 bits per heavy atom. The number of nitrogens with zero attached hydrogens (tertiary/aromatic N) is 1. The van der Waals surface area contributed by atoms with Crippen LogP contribution in [0.4, 0.5) is 26.2 Å². The maximum absolute atomic E-state index is 12.9. The summed E-state index contributed by atoms with van der Waals surface area (Å²) < 4.78 is 38.3. The molecule has 0 radical (unpaired) electrons. The normalized spacial score (nSPS) is 15.8. The largest absolute Gasteiger partial charge is 0.323 e. The van der Waals surface area contributed by atoms with Crippen LogP contribution in [0.25, 0.3) is 0 Å². The van der Waals surface area contributed by atoms with Gasteiger partial charge < -0.3 is 10.6 Å². The highest BCUT2D eigenvalue weighted by molar-refractivity contribution is 7.93. The molecule has 1 heterocycles. The van der Waals surface area contributed by atoms with Gasteiger partial charge in [-0.3, -0.25) is 4.31 Å². The Kier molecular flexibility index (Phi) is 4.63. The van der Waals surface area contributed by atoms with Crippen LogP contribution in [0.15, 0.2) is 42.5 Å². The Hall–Kier alpha value is -2.61. The van der Waals surface area contributed by atoms with Crippen molar-refractivity contribution in [3.05, 3.63) is 53.8 Å². The van der Waals surface area contributed by atoms with E-state index in [1.54, 1.807) is 18.2 Å². The summed E-state index contributed by atoms with van der Waals surface area (Å²) in [4.78, 5) is 12.1. The summed E-state index contributed by atoms with van der Waals surface area (Å²) in [6, 6.07) is 10.0. The zero-order chi connectivity index (χ0) is 18.0. The predicted octanol–water partition coefficient (Wildman–Crippen LogP) is 3.32. The topological polar surface area (TPSA) is 78.5 Å². The highest BCUT2D eigenvalue weighted by Crippen LogP contribution is 2.28. The number of hydrogen-bond acceptors (Lipinski definition) is 3. The number of aryl methyl sites for hydroxylation is 1. The number of sulfonamides is 1. The number of rotatable bonds is 3. The molecule has 1 fully saturated rings. The molecular weight excluding hydrogens is 345 g/mol. The van der Waals surface area contributed by atoms with Crippen LogP contribution in [-0.2, 0) is 10.0 Å². The first-order chi connectivity index (χ1) is 11.8. The van der Waals surface area contributed by atoms with Crippen molar-refractivity contribution in [1.82, 2.24) is 0 Å². The Morgan fingerprint density at radius 1 is 1.12 bits per heavy atom. The second-order valence-electron chi connectivity index (χ2n) is 5.83. The van der Waals surface area contributed by atoms with Gasteiger partial charge in [0, 0.05) is 17.9 Å². The number of halogens is 1. The molecule has 132 valence electrons.